The zero-order valence-corrected chi connectivity index (χ0v) is 13.7. The lowest BCUT2D eigenvalue weighted by Crippen LogP contribution is -2.05. The molecule has 0 saturated carbocycles. The average Bonchev–Trinajstić information content (AvgIpc) is 2.79. The molecular formula is C16H14BrNO4. The summed E-state index contributed by atoms with van der Waals surface area (Å²) in [7, 11) is 3.45. The van der Waals surface area contributed by atoms with Crippen LogP contribution in [0.25, 0.3) is 21.8 Å². The lowest BCUT2D eigenvalue weighted by Gasteiger charge is -2.12. The Morgan fingerprint density at radius 3 is 2.73 bits per heavy atom. The van der Waals surface area contributed by atoms with Crippen molar-refractivity contribution in [2.75, 3.05) is 13.9 Å². The molecule has 1 aromatic heterocycles. The number of methoxy groups -OCH3 is 1. The minimum Gasteiger partial charge on any atom is -0.478 e. The Kier molecular flexibility index (Phi) is 3.80. The molecule has 114 valence electrons. The maximum Gasteiger partial charge on any atom is 0.337 e. The van der Waals surface area contributed by atoms with Gasteiger partial charge in [0.25, 0.3) is 0 Å². The standard InChI is InChI=1S/C16H14BrNO4/c1-18-12-6-4-3-5-9(12)10-7-11(16(19)20)13(17)15(14(10)18)22-8-21-2/h3-7H,8H2,1-2H3,(H,19,20). The number of nitrogens with zero attached hydrogens (tertiary/aromatic N) is 1. The summed E-state index contributed by atoms with van der Waals surface area (Å²) >= 11 is 3.35. The minimum atomic E-state index is -1.01. The molecule has 0 fully saturated rings. The van der Waals surface area contributed by atoms with Crippen molar-refractivity contribution in [1.29, 1.82) is 0 Å². The molecule has 2 aromatic carbocycles. The molecule has 1 N–H and O–H groups in total. The van der Waals surface area contributed by atoms with Crippen LogP contribution in [0.5, 0.6) is 5.75 Å². The van der Waals surface area contributed by atoms with Crippen LogP contribution in [-0.4, -0.2) is 29.5 Å². The number of rotatable bonds is 4. The van der Waals surface area contributed by atoms with Crippen molar-refractivity contribution in [3.63, 3.8) is 0 Å². The number of halogens is 1. The second-order valence-electron chi connectivity index (χ2n) is 4.90. The van der Waals surface area contributed by atoms with Crippen LogP contribution in [0.2, 0.25) is 0 Å². The molecule has 0 radical (unpaired) electrons. The van der Waals surface area contributed by atoms with Crippen molar-refractivity contribution in [3.05, 3.63) is 40.4 Å². The van der Waals surface area contributed by atoms with E-state index < -0.39 is 5.97 Å². The molecule has 0 spiro atoms. The molecule has 0 saturated heterocycles. The first kappa shape index (κ1) is 14.9. The van der Waals surface area contributed by atoms with E-state index >= 15 is 0 Å². The number of hydrogen-bond acceptors (Lipinski definition) is 3. The summed E-state index contributed by atoms with van der Waals surface area (Å²) in [5, 5.41) is 11.3. The molecule has 3 rings (SSSR count). The smallest absolute Gasteiger partial charge is 0.337 e. The van der Waals surface area contributed by atoms with Crippen molar-refractivity contribution < 1.29 is 19.4 Å². The van der Waals surface area contributed by atoms with Crippen LogP contribution in [0.3, 0.4) is 0 Å². The molecule has 0 amide bonds. The van der Waals surface area contributed by atoms with Gasteiger partial charge in [-0.15, -0.1) is 0 Å². The number of para-hydroxylation sites is 1. The summed E-state index contributed by atoms with van der Waals surface area (Å²) in [5.41, 5.74) is 2.00. The van der Waals surface area contributed by atoms with Gasteiger partial charge in [-0.1, -0.05) is 18.2 Å². The van der Waals surface area contributed by atoms with Crippen molar-refractivity contribution in [2.45, 2.75) is 0 Å². The molecule has 22 heavy (non-hydrogen) atoms. The van der Waals surface area contributed by atoms with Crippen molar-refractivity contribution in [1.82, 2.24) is 4.57 Å². The molecular weight excluding hydrogens is 350 g/mol. The molecule has 0 aliphatic heterocycles. The fourth-order valence-corrected chi connectivity index (χ4v) is 3.27. The third-order valence-corrected chi connectivity index (χ3v) is 4.42. The maximum atomic E-state index is 11.5. The molecule has 6 heteroatoms. The Balaban J connectivity index is 2.46. The first-order valence-corrected chi connectivity index (χ1v) is 7.40. The van der Waals surface area contributed by atoms with Crippen molar-refractivity contribution >= 4 is 43.7 Å². The summed E-state index contributed by atoms with van der Waals surface area (Å²) in [6.45, 7) is 0.0400. The fourth-order valence-electron chi connectivity index (χ4n) is 2.68. The van der Waals surface area contributed by atoms with E-state index in [1.54, 1.807) is 6.07 Å². The largest absolute Gasteiger partial charge is 0.478 e. The molecule has 0 atom stereocenters. The van der Waals surface area contributed by atoms with Crippen molar-refractivity contribution in [2.24, 2.45) is 7.05 Å². The Morgan fingerprint density at radius 2 is 2.05 bits per heavy atom. The van der Waals surface area contributed by atoms with Crippen LogP contribution in [0.4, 0.5) is 0 Å². The molecule has 0 aliphatic carbocycles. The third kappa shape index (κ3) is 2.15. The van der Waals surface area contributed by atoms with E-state index in [-0.39, 0.29) is 12.4 Å². The first-order valence-electron chi connectivity index (χ1n) is 6.61. The zero-order valence-electron chi connectivity index (χ0n) is 12.1. The Hall–Kier alpha value is -2.05. The fraction of sp³-hybridized carbons (Fsp3) is 0.188. The number of carboxylic acids is 1. The van der Waals surface area contributed by atoms with E-state index in [2.05, 4.69) is 15.9 Å². The highest BCUT2D eigenvalue weighted by Gasteiger charge is 2.21. The third-order valence-electron chi connectivity index (χ3n) is 3.64. The number of aromatic nitrogens is 1. The molecule has 5 nitrogen and oxygen atoms in total. The van der Waals surface area contributed by atoms with E-state index in [0.29, 0.717) is 10.2 Å². The summed E-state index contributed by atoms with van der Waals surface area (Å²) in [6.07, 6.45) is 0. The van der Waals surface area contributed by atoms with E-state index in [9.17, 15) is 9.90 Å². The van der Waals surface area contributed by atoms with E-state index in [1.165, 1.54) is 7.11 Å². The number of fused-ring (bicyclic) bond motifs is 3. The Morgan fingerprint density at radius 1 is 1.32 bits per heavy atom. The quantitative estimate of drug-likeness (QED) is 0.716. The number of ether oxygens (including phenoxy) is 2. The number of carbonyl (C=O) groups is 1. The maximum absolute atomic E-state index is 11.5. The van der Waals surface area contributed by atoms with Crippen LogP contribution >= 0.6 is 15.9 Å². The number of carboxylic acid groups (broad SMARTS) is 1. The van der Waals surface area contributed by atoms with Gasteiger partial charge in [-0.2, -0.15) is 0 Å². The van der Waals surface area contributed by atoms with Crippen LogP contribution < -0.4 is 4.74 Å². The molecule has 0 bridgehead atoms. The van der Waals surface area contributed by atoms with E-state index in [1.807, 2.05) is 35.9 Å². The van der Waals surface area contributed by atoms with Gasteiger partial charge in [0, 0.05) is 30.4 Å². The lowest BCUT2D eigenvalue weighted by molar-refractivity contribution is 0.0510. The van der Waals surface area contributed by atoms with Gasteiger partial charge in [-0.3, -0.25) is 0 Å². The number of benzene rings is 2. The summed E-state index contributed by atoms with van der Waals surface area (Å²) in [5.74, 6) is -0.542. The first-order chi connectivity index (χ1) is 10.6. The van der Waals surface area contributed by atoms with Gasteiger partial charge in [0.15, 0.2) is 12.5 Å². The van der Waals surface area contributed by atoms with Crippen LogP contribution in [-0.2, 0) is 11.8 Å². The predicted molar refractivity (Wildman–Crippen MR) is 87.6 cm³/mol. The number of hydrogen-bond donors (Lipinski definition) is 1. The van der Waals surface area contributed by atoms with Gasteiger partial charge in [0.2, 0.25) is 0 Å². The summed E-state index contributed by atoms with van der Waals surface area (Å²) < 4.78 is 13.0. The predicted octanol–water partition coefficient (Wildman–Crippen LogP) is 3.77. The molecule has 0 unspecified atom stereocenters. The second kappa shape index (κ2) is 5.62. The highest BCUT2D eigenvalue weighted by molar-refractivity contribution is 9.10. The van der Waals surface area contributed by atoms with Crippen LogP contribution in [0, 0.1) is 0 Å². The topological polar surface area (TPSA) is 60.7 Å². The Labute approximate surface area is 135 Å². The zero-order chi connectivity index (χ0) is 15.9. The average molecular weight is 364 g/mol. The summed E-state index contributed by atoms with van der Waals surface area (Å²) in [6, 6.07) is 9.51. The second-order valence-corrected chi connectivity index (χ2v) is 5.69. The van der Waals surface area contributed by atoms with Crippen molar-refractivity contribution in [3.8, 4) is 5.75 Å². The highest BCUT2D eigenvalue weighted by Crippen LogP contribution is 2.41. The monoisotopic (exact) mass is 363 g/mol. The minimum absolute atomic E-state index is 0.0400. The lowest BCUT2D eigenvalue weighted by atomic mass is 10.1. The van der Waals surface area contributed by atoms with Gasteiger partial charge >= 0.3 is 5.97 Å². The van der Waals surface area contributed by atoms with Crippen LogP contribution in [0.1, 0.15) is 10.4 Å². The van der Waals surface area contributed by atoms with E-state index in [0.717, 1.165) is 21.8 Å². The van der Waals surface area contributed by atoms with Gasteiger partial charge in [0.05, 0.1) is 15.6 Å². The normalized spacial score (nSPS) is 11.2. The van der Waals surface area contributed by atoms with Gasteiger partial charge in [-0.25, -0.2) is 4.79 Å². The molecule has 1 heterocycles. The van der Waals surface area contributed by atoms with Gasteiger partial charge in [0.1, 0.15) is 0 Å². The van der Waals surface area contributed by atoms with Gasteiger partial charge in [-0.05, 0) is 28.1 Å². The number of aromatic carboxylic acids is 1. The number of aryl methyl sites for hydroxylation is 1. The molecule has 3 aromatic rings. The van der Waals surface area contributed by atoms with Crippen LogP contribution in [0.15, 0.2) is 34.8 Å². The highest BCUT2D eigenvalue weighted by atomic mass is 79.9. The SMILES string of the molecule is COCOc1c(Br)c(C(=O)O)cc2c3ccccc3n(C)c12. The summed E-state index contributed by atoms with van der Waals surface area (Å²) in [4.78, 5) is 11.5. The van der Waals surface area contributed by atoms with E-state index in [4.69, 9.17) is 9.47 Å². The molecule has 0 aliphatic rings. The van der Waals surface area contributed by atoms with Gasteiger partial charge < -0.3 is 19.1 Å². The Bertz CT molecular complexity index is 885.